The molecule has 2 heterocycles. The van der Waals surface area contributed by atoms with E-state index in [2.05, 4.69) is 5.32 Å². The van der Waals surface area contributed by atoms with E-state index in [0.29, 0.717) is 35.4 Å². The maximum Gasteiger partial charge on any atom is 0.317 e. The third-order valence-corrected chi connectivity index (χ3v) is 7.82. The summed E-state index contributed by atoms with van der Waals surface area (Å²) in [6.45, 7) is 1.98. The molecule has 0 spiro atoms. The van der Waals surface area contributed by atoms with E-state index < -0.39 is 10.0 Å². The van der Waals surface area contributed by atoms with Gasteiger partial charge in [0.2, 0.25) is 10.0 Å². The number of carbonyl (C=O) groups is 1. The van der Waals surface area contributed by atoms with Crippen molar-refractivity contribution in [3.8, 4) is 0 Å². The lowest BCUT2D eigenvalue weighted by Gasteiger charge is -2.25. The van der Waals surface area contributed by atoms with Crippen LogP contribution in [0.1, 0.15) is 29.7 Å². The molecule has 3 rings (SSSR count). The first kappa shape index (κ1) is 21.1. The van der Waals surface area contributed by atoms with Crippen LogP contribution in [-0.4, -0.2) is 43.8 Å². The number of halogens is 1. The molecule has 0 bridgehead atoms. The van der Waals surface area contributed by atoms with Crippen molar-refractivity contribution >= 4 is 39.0 Å². The molecule has 1 aromatic heterocycles. The summed E-state index contributed by atoms with van der Waals surface area (Å²) >= 11 is 7.36. The molecule has 2 aromatic rings. The Morgan fingerprint density at radius 1 is 1.14 bits per heavy atom. The summed E-state index contributed by atoms with van der Waals surface area (Å²) in [6, 6.07) is 10.2. The van der Waals surface area contributed by atoms with Gasteiger partial charge in [0.1, 0.15) is 0 Å². The van der Waals surface area contributed by atoms with Crippen molar-refractivity contribution in [2.45, 2.75) is 37.2 Å². The quantitative estimate of drug-likeness (QED) is 0.738. The molecule has 1 aliphatic heterocycles. The maximum atomic E-state index is 12.7. The number of hydrogen-bond donors (Lipinski definition) is 1. The zero-order chi connectivity index (χ0) is 20.1. The molecule has 1 aromatic carbocycles. The average Bonchev–Trinajstić information content (AvgIpc) is 3.11. The molecule has 1 fully saturated rings. The lowest BCUT2D eigenvalue weighted by atomic mass is 10.2. The van der Waals surface area contributed by atoms with E-state index >= 15 is 0 Å². The highest BCUT2D eigenvalue weighted by Gasteiger charge is 2.25. The van der Waals surface area contributed by atoms with Gasteiger partial charge in [-0.15, -0.1) is 11.3 Å². The van der Waals surface area contributed by atoms with Gasteiger partial charge >= 0.3 is 6.03 Å². The van der Waals surface area contributed by atoms with E-state index in [0.717, 1.165) is 29.7 Å². The second-order valence-electron chi connectivity index (χ2n) is 6.83. The molecule has 0 atom stereocenters. The Morgan fingerprint density at radius 3 is 2.43 bits per heavy atom. The van der Waals surface area contributed by atoms with Gasteiger partial charge in [-0.2, -0.15) is 4.31 Å². The Kier molecular flexibility index (Phi) is 6.98. The van der Waals surface area contributed by atoms with Crippen molar-refractivity contribution in [2.24, 2.45) is 0 Å². The van der Waals surface area contributed by atoms with Gasteiger partial charge in [-0.3, -0.25) is 0 Å². The van der Waals surface area contributed by atoms with Crippen LogP contribution in [0.3, 0.4) is 0 Å². The van der Waals surface area contributed by atoms with Crippen molar-refractivity contribution < 1.29 is 13.2 Å². The van der Waals surface area contributed by atoms with Crippen LogP contribution in [0.25, 0.3) is 0 Å². The van der Waals surface area contributed by atoms with Gasteiger partial charge in [0.25, 0.3) is 0 Å². The van der Waals surface area contributed by atoms with Gasteiger partial charge in [-0.25, -0.2) is 13.2 Å². The zero-order valence-corrected chi connectivity index (χ0v) is 18.1. The van der Waals surface area contributed by atoms with Gasteiger partial charge in [0.15, 0.2) is 0 Å². The average molecular weight is 442 g/mol. The van der Waals surface area contributed by atoms with Crippen LogP contribution in [0, 0.1) is 0 Å². The number of thiophene rings is 1. The fraction of sp³-hybridized carbons (Fsp3) is 0.421. The first-order chi connectivity index (χ1) is 13.4. The number of benzene rings is 1. The molecule has 0 aliphatic carbocycles. The molecular formula is C19H24ClN3O3S2. The Bertz CT molecular complexity index is 907. The minimum absolute atomic E-state index is 0.200. The van der Waals surface area contributed by atoms with Crippen LogP contribution in [-0.2, 0) is 23.1 Å². The van der Waals surface area contributed by atoms with Gasteiger partial charge < -0.3 is 10.2 Å². The summed E-state index contributed by atoms with van der Waals surface area (Å²) < 4.78 is 27.6. The predicted molar refractivity (Wildman–Crippen MR) is 112 cm³/mol. The summed E-state index contributed by atoms with van der Waals surface area (Å²) in [4.78, 5) is 15.1. The first-order valence-electron chi connectivity index (χ1n) is 9.18. The van der Waals surface area contributed by atoms with Crippen LogP contribution in [0.2, 0.25) is 4.34 Å². The minimum atomic E-state index is -3.43. The van der Waals surface area contributed by atoms with Crippen molar-refractivity contribution in [1.82, 2.24) is 14.5 Å². The van der Waals surface area contributed by atoms with E-state index in [9.17, 15) is 13.2 Å². The molecule has 0 saturated carbocycles. The second-order valence-corrected chi connectivity index (χ2v) is 10.6. The number of urea groups is 1. The van der Waals surface area contributed by atoms with E-state index in [-0.39, 0.29) is 6.03 Å². The number of piperidine rings is 1. The molecule has 28 heavy (non-hydrogen) atoms. The van der Waals surface area contributed by atoms with Gasteiger partial charge in [-0.05, 0) is 42.7 Å². The third-order valence-electron chi connectivity index (χ3n) is 4.69. The van der Waals surface area contributed by atoms with Crippen molar-refractivity contribution in [3.63, 3.8) is 0 Å². The number of nitrogens with zero attached hydrogens (tertiary/aromatic N) is 2. The number of rotatable bonds is 6. The van der Waals surface area contributed by atoms with E-state index in [1.807, 2.05) is 12.1 Å². The smallest absolute Gasteiger partial charge is 0.317 e. The third kappa shape index (κ3) is 5.26. The Labute approximate surface area is 175 Å². The fourth-order valence-electron chi connectivity index (χ4n) is 3.09. The standard InChI is InChI=1S/C19H24ClN3O3S2/c1-22(14-16-7-10-18(20)27-16)19(24)21-13-15-5-8-17(9-6-15)28(25,26)23-11-3-2-4-12-23/h5-10H,2-4,11-14H2,1H3,(H,21,24). The molecule has 1 aliphatic rings. The summed E-state index contributed by atoms with van der Waals surface area (Å²) in [5.41, 5.74) is 0.846. The molecular weight excluding hydrogens is 418 g/mol. The lowest BCUT2D eigenvalue weighted by Crippen LogP contribution is -2.36. The summed E-state index contributed by atoms with van der Waals surface area (Å²) in [5, 5.41) is 2.85. The number of sulfonamides is 1. The molecule has 6 nitrogen and oxygen atoms in total. The first-order valence-corrected chi connectivity index (χ1v) is 11.8. The molecule has 9 heteroatoms. The monoisotopic (exact) mass is 441 g/mol. The maximum absolute atomic E-state index is 12.7. The van der Waals surface area contributed by atoms with Gasteiger partial charge in [0, 0.05) is 31.6 Å². The number of amides is 2. The summed E-state index contributed by atoms with van der Waals surface area (Å²) in [5.74, 6) is 0. The van der Waals surface area contributed by atoms with Crippen molar-refractivity contribution in [2.75, 3.05) is 20.1 Å². The SMILES string of the molecule is CN(Cc1ccc(Cl)s1)C(=O)NCc1ccc(S(=O)(=O)N2CCCCC2)cc1. The van der Waals surface area contributed by atoms with E-state index in [1.165, 1.54) is 11.3 Å². The Morgan fingerprint density at radius 2 is 1.82 bits per heavy atom. The van der Waals surface area contributed by atoms with Crippen LogP contribution < -0.4 is 5.32 Å². The molecule has 1 N–H and O–H groups in total. The normalized spacial score (nSPS) is 15.4. The molecule has 152 valence electrons. The summed E-state index contributed by atoms with van der Waals surface area (Å²) in [6.07, 6.45) is 2.90. The van der Waals surface area contributed by atoms with Gasteiger partial charge in [0.05, 0.1) is 15.8 Å². The Balaban J connectivity index is 1.54. The van der Waals surface area contributed by atoms with E-state index in [4.69, 9.17) is 11.6 Å². The number of hydrogen-bond acceptors (Lipinski definition) is 4. The number of nitrogens with one attached hydrogen (secondary N) is 1. The highest BCUT2D eigenvalue weighted by atomic mass is 35.5. The lowest BCUT2D eigenvalue weighted by molar-refractivity contribution is 0.207. The Hall–Kier alpha value is -1.61. The molecule has 1 saturated heterocycles. The molecule has 0 unspecified atom stereocenters. The minimum Gasteiger partial charge on any atom is -0.334 e. The van der Waals surface area contributed by atoms with Crippen molar-refractivity contribution in [1.29, 1.82) is 0 Å². The summed E-state index contributed by atoms with van der Waals surface area (Å²) in [7, 11) is -1.71. The predicted octanol–water partition coefficient (Wildman–Crippen LogP) is 3.92. The topological polar surface area (TPSA) is 69.7 Å². The van der Waals surface area contributed by atoms with Crippen LogP contribution in [0.15, 0.2) is 41.3 Å². The van der Waals surface area contributed by atoms with Gasteiger partial charge in [-0.1, -0.05) is 30.2 Å². The fourth-order valence-corrected chi connectivity index (χ4v) is 5.75. The molecule has 0 radical (unpaired) electrons. The van der Waals surface area contributed by atoms with Crippen LogP contribution >= 0.6 is 22.9 Å². The second kappa shape index (κ2) is 9.26. The van der Waals surface area contributed by atoms with Crippen LogP contribution in [0.5, 0.6) is 0 Å². The number of carbonyl (C=O) groups excluding carboxylic acids is 1. The zero-order valence-electron chi connectivity index (χ0n) is 15.7. The highest BCUT2D eigenvalue weighted by Crippen LogP contribution is 2.23. The highest BCUT2D eigenvalue weighted by molar-refractivity contribution is 7.89. The van der Waals surface area contributed by atoms with Crippen molar-refractivity contribution in [3.05, 3.63) is 51.2 Å². The van der Waals surface area contributed by atoms with Crippen LogP contribution in [0.4, 0.5) is 4.79 Å². The van der Waals surface area contributed by atoms with E-state index in [1.54, 1.807) is 40.5 Å². The molecule has 2 amide bonds. The largest absolute Gasteiger partial charge is 0.334 e.